The molecule has 2 fully saturated rings. The van der Waals surface area contributed by atoms with Crippen molar-refractivity contribution in [3.8, 4) is 11.5 Å². The smallest absolute Gasteiger partial charge is 0.410 e. The van der Waals surface area contributed by atoms with E-state index in [9.17, 15) is 24.3 Å². The van der Waals surface area contributed by atoms with Crippen molar-refractivity contribution < 1.29 is 38.5 Å². The molecule has 2 aliphatic heterocycles. The number of unbranched alkanes of at least 4 members (excludes halogenated alkanes) is 1. The number of benzene rings is 3. The molecule has 2 aliphatic rings. The predicted octanol–water partition coefficient (Wildman–Crippen LogP) is 13.1. The zero-order valence-electron chi connectivity index (χ0n) is 47.0. The summed E-state index contributed by atoms with van der Waals surface area (Å²) < 4.78 is 18.1. The summed E-state index contributed by atoms with van der Waals surface area (Å²) in [7, 11) is 2.15. The number of phenols is 1. The molecule has 1 unspecified atom stereocenters. The topological polar surface area (TPSA) is 135 Å². The SMILES string of the molecule is CCCCC(Cc1cc(C(C)(C)C)c(O)c(C(C)(C)C)c1)C(=O)OC1CC(C)(C)N(C(=O)OC2CC(C)(C)N(C)C(C)(C)C2)C(C)(C)C1.CCOc1ccccc1NC(=O)C(=O)Cc1ccccc1CC. The number of Topliss-reactive ketones (excluding diaryl/α,β-unsaturated/α-hetero) is 1. The van der Waals surface area contributed by atoms with E-state index < -0.39 is 22.8 Å². The Bertz CT molecular complexity index is 2240. The number of piperidine rings is 2. The molecule has 11 heteroatoms. The van der Waals surface area contributed by atoms with Crippen LogP contribution in [0.3, 0.4) is 0 Å². The molecule has 0 aromatic heterocycles. The van der Waals surface area contributed by atoms with Crippen molar-refractivity contribution in [3.63, 3.8) is 0 Å². The first-order valence-corrected chi connectivity index (χ1v) is 26.2. The number of hydrogen-bond donors (Lipinski definition) is 2. The lowest BCUT2D eigenvalue weighted by Crippen LogP contribution is -2.65. The number of phenolic OH excluding ortho intramolecular Hbond substituents is 1. The van der Waals surface area contributed by atoms with Crippen LogP contribution in [0.15, 0.2) is 60.7 Å². The maximum absolute atomic E-state index is 14.0. The number of anilines is 1. The van der Waals surface area contributed by atoms with Gasteiger partial charge in [0.1, 0.15) is 23.7 Å². The molecule has 3 aromatic carbocycles. The van der Waals surface area contributed by atoms with Gasteiger partial charge in [-0.1, -0.05) is 117 Å². The van der Waals surface area contributed by atoms with Crippen molar-refractivity contribution in [2.75, 3.05) is 19.0 Å². The molecule has 2 N–H and O–H groups in total. The summed E-state index contributed by atoms with van der Waals surface area (Å²) in [5.41, 5.74) is 3.56. The fraction of sp³-hybridized carbons (Fsp3) is 0.633. The largest absolute Gasteiger partial charge is 0.507 e. The second kappa shape index (κ2) is 23.3. The zero-order chi connectivity index (χ0) is 53.5. The predicted molar refractivity (Wildman–Crippen MR) is 288 cm³/mol. The molecule has 2 amide bonds. The highest BCUT2D eigenvalue weighted by Crippen LogP contribution is 2.44. The standard InChI is InChI=1S/C41H70N2O5.C19H21NO3/c1-17-18-19-28(20-27-21-31(36(2,3)4)33(44)32(22-27)37(5,6)7)34(45)47-29-25-40(12,13)43(41(14,15)26-29)35(46)48-30-23-38(8,9)42(16)39(10,11)24-30;1-3-14-9-5-6-10-15(14)13-17(21)19(22)20-16-11-7-8-12-18(16)23-4-2/h21-22,28-30,44H,17-20,23-26H2,1-16H3;5-12H,3-4,13H2,1-2H3,(H,20,22). The summed E-state index contributed by atoms with van der Waals surface area (Å²) in [4.78, 5) is 56.6. The van der Waals surface area contributed by atoms with E-state index in [1.165, 1.54) is 0 Å². The number of aromatic hydroxyl groups is 1. The molecule has 2 saturated heterocycles. The molecule has 0 spiro atoms. The summed E-state index contributed by atoms with van der Waals surface area (Å²) >= 11 is 0. The fourth-order valence-electron chi connectivity index (χ4n) is 11.0. The van der Waals surface area contributed by atoms with E-state index in [1.54, 1.807) is 18.2 Å². The van der Waals surface area contributed by atoms with Crippen LogP contribution < -0.4 is 10.1 Å². The molecule has 0 aliphatic carbocycles. The number of ether oxygens (including phenoxy) is 3. The summed E-state index contributed by atoms with van der Waals surface area (Å²) in [5, 5.41) is 13.9. The number of amides is 2. The van der Waals surface area contributed by atoms with Crippen molar-refractivity contribution >= 4 is 29.4 Å². The van der Waals surface area contributed by atoms with Gasteiger partial charge in [-0.2, -0.15) is 0 Å². The normalized spacial score (nSPS) is 18.4. The Labute approximate surface area is 428 Å². The van der Waals surface area contributed by atoms with Gasteiger partial charge in [0, 0.05) is 54.3 Å². The lowest BCUT2D eigenvalue weighted by atomic mass is 9.77. The quantitative estimate of drug-likeness (QED) is 0.113. The van der Waals surface area contributed by atoms with Crippen LogP contribution in [-0.4, -0.2) is 86.7 Å². The molecule has 1 atom stereocenters. The summed E-state index contributed by atoms with van der Waals surface area (Å²) in [5.74, 6) is -0.634. The number of hydrogen-bond acceptors (Lipinski definition) is 9. The van der Waals surface area contributed by atoms with Gasteiger partial charge < -0.3 is 24.6 Å². The monoisotopic (exact) mass is 982 g/mol. The van der Waals surface area contributed by atoms with E-state index in [2.05, 4.69) is 133 Å². The first-order valence-electron chi connectivity index (χ1n) is 26.2. The van der Waals surface area contributed by atoms with Gasteiger partial charge in [0.15, 0.2) is 0 Å². The van der Waals surface area contributed by atoms with Gasteiger partial charge in [0.25, 0.3) is 5.91 Å². The number of nitrogens with one attached hydrogen (secondary N) is 1. The maximum Gasteiger partial charge on any atom is 0.410 e. The lowest BCUT2D eigenvalue weighted by Gasteiger charge is -2.56. The van der Waals surface area contributed by atoms with Crippen LogP contribution in [0.25, 0.3) is 0 Å². The number of likely N-dealkylation sites (tertiary alicyclic amines) is 2. The minimum Gasteiger partial charge on any atom is -0.507 e. The number of para-hydroxylation sites is 2. The van der Waals surface area contributed by atoms with Gasteiger partial charge in [-0.25, -0.2) is 4.79 Å². The third-order valence-electron chi connectivity index (χ3n) is 14.7. The fourth-order valence-corrected chi connectivity index (χ4v) is 11.0. The Morgan fingerprint density at radius 1 is 0.718 bits per heavy atom. The van der Waals surface area contributed by atoms with Gasteiger partial charge in [0.05, 0.1) is 18.2 Å². The molecule has 394 valence electrons. The molecule has 2 heterocycles. The second-order valence-corrected chi connectivity index (χ2v) is 24.7. The van der Waals surface area contributed by atoms with Crippen LogP contribution in [0.1, 0.15) is 190 Å². The van der Waals surface area contributed by atoms with Crippen LogP contribution in [0.4, 0.5) is 10.5 Å². The van der Waals surface area contributed by atoms with E-state index in [1.807, 2.05) is 49.1 Å². The van der Waals surface area contributed by atoms with Crippen molar-refractivity contribution in [2.45, 2.75) is 227 Å². The maximum atomic E-state index is 14.0. The van der Waals surface area contributed by atoms with Gasteiger partial charge in [-0.05, 0) is 139 Å². The number of rotatable bonds is 15. The van der Waals surface area contributed by atoms with Gasteiger partial charge in [0.2, 0.25) is 5.78 Å². The highest BCUT2D eigenvalue weighted by molar-refractivity contribution is 6.41. The number of nitrogens with zero attached hydrogens (tertiary/aromatic N) is 2. The highest BCUT2D eigenvalue weighted by atomic mass is 16.6. The van der Waals surface area contributed by atoms with Crippen LogP contribution in [-0.2, 0) is 53.9 Å². The van der Waals surface area contributed by atoms with E-state index in [0.29, 0.717) is 43.1 Å². The summed E-state index contributed by atoms with van der Waals surface area (Å²) in [6.07, 6.45) is 6.05. The Balaban J connectivity index is 0.000000396. The van der Waals surface area contributed by atoms with Crippen molar-refractivity contribution in [1.29, 1.82) is 0 Å². The molecule has 0 radical (unpaired) electrons. The Kier molecular flexibility index (Phi) is 19.3. The van der Waals surface area contributed by atoms with E-state index in [0.717, 1.165) is 66.3 Å². The van der Waals surface area contributed by atoms with Crippen LogP contribution in [0.2, 0.25) is 0 Å². The first-order chi connectivity index (χ1) is 32.8. The third-order valence-corrected chi connectivity index (χ3v) is 14.7. The van der Waals surface area contributed by atoms with Crippen molar-refractivity contribution in [1.82, 2.24) is 9.80 Å². The molecule has 11 nitrogen and oxygen atoms in total. The lowest BCUT2D eigenvalue weighted by molar-refractivity contribution is -0.164. The number of carbonyl (C=O) groups is 4. The zero-order valence-corrected chi connectivity index (χ0v) is 47.0. The molecule has 0 saturated carbocycles. The molecule has 3 aromatic rings. The number of ketones is 1. The summed E-state index contributed by atoms with van der Waals surface area (Å²) in [6, 6.07) is 18.9. The first kappa shape index (κ1) is 58.7. The third kappa shape index (κ3) is 15.3. The van der Waals surface area contributed by atoms with Crippen LogP contribution in [0, 0.1) is 5.92 Å². The number of esters is 1. The van der Waals surface area contributed by atoms with E-state index in [-0.39, 0.29) is 58.5 Å². The van der Waals surface area contributed by atoms with Gasteiger partial charge >= 0.3 is 12.1 Å². The highest BCUT2D eigenvalue weighted by Gasteiger charge is 2.52. The van der Waals surface area contributed by atoms with Crippen LogP contribution >= 0.6 is 0 Å². The Morgan fingerprint density at radius 3 is 1.72 bits per heavy atom. The van der Waals surface area contributed by atoms with Gasteiger partial charge in [-0.3, -0.25) is 24.2 Å². The molecule has 71 heavy (non-hydrogen) atoms. The Hall–Kier alpha value is -4.90. The minimum atomic E-state index is -0.622. The molecule has 5 rings (SSSR count). The second-order valence-electron chi connectivity index (χ2n) is 24.7. The average molecular weight is 982 g/mol. The summed E-state index contributed by atoms with van der Waals surface area (Å²) in [6.45, 7) is 36.3. The Morgan fingerprint density at radius 2 is 1.21 bits per heavy atom. The number of aryl methyl sites for hydroxylation is 1. The molecular weight excluding hydrogens is 891 g/mol. The van der Waals surface area contributed by atoms with Gasteiger partial charge in [-0.15, -0.1) is 0 Å². The van der Waals surface area contributed by atoms with Crippen LogP contribution in [0.5, 0.6) is 11.5 Å². The van der Waals surface area contributed by atoms with Crippen molar-refractivity contribution in [3.05, 3.63) is 88.5 Å². The number of carbonyl (C=O) groups excluding carboxylic acids is 4. The minimum absolute atomic E-state index is 0.0873. The average Bonchev–Trinajstić information content (AvgIpc) is 3.23. The molecular formula is C60H91N3O8. The van der Waals surface area contributed by atoms with E-state index >= 15 is 0 Å². The van der Waals surface area contributed by atoms with E-state index in [4.69, 9.17) is 14.2 Å². The molecule has 0 bridgehead atoms. The van der Waals surface area contributed by atoms with Crippen molar-refractivity contribution in [2.24, 2.45) is 5.92 Å².